The fourth-order valence-electron chi connectivity index (χ4n) is 5.81. The average molecular weight is 721 g/mol. The number of benzene rings is 3. The van der Waals surface area contributed by atoms with E-state index in [9.17, 15) is 9.59 Å². The summed E-state index contributed by atoms with van der Waals surface area (Å²) in [6.45, 7) is 2.58. The first-order chi connectivity index (χ1) is 22.9. The quantitative estimate of drug-likeness (QED) is 0.106. The number of amidine groups is 1. The molecule has 1 saturated heterocycles. The molecule has 2 N–H and O–H groups in total. The largest absolute Gasteiger partial charge is 0.326 e. The zero-order chi connectivity index (χ0) is 33.0. The summed E-state index contributed by atoms with van der Waals surface area (Å²) >= 11 is 10.1. The molecule has 9 nitrogen and oxygen atoms in total. The Bertz CT molecular complexity index is 1680. The molecule has 0 saturated carbocycles. The van der Waals surface area contributed by atoms with E-state index in [1.54, 1.807) is 22.9 Å². The van der Waals surface area contributed by atoms with Crippen LogP contribution in [0.25, 0.3) is 11.0 Å². The van der Waals surface area contributed by atoms with Crippen LogP contribution in [-0.2, 0) is 16.1 Å². The summed E-state index contributed by atoms with van der Waals surface area (Å²) in [7, 11) is 0. The molecule has 4 aromatic rings. The zero-order valence-electron chi connectivity index (χ0n) is 26.9. The molecule has 2 amide bonds. The van der Waals surface area contributed by atoms with Crippen LogP contribution in [0.3, 0.4) is 0 Å². The highest BCUT2D eigenvalue weighted by atomic mass is 79.9. The van der Waals surface area contributed by atoms with Crippen molar-refractivity contribution in [2.75, 3.05) is 5.32 Å². The minimum atomic E-state index is -0.895. The summed E-state index contributed by atoms with van der Waals surface area (Å²) in [5.41, 5.74) is 6.50. The summed E-state index contributed by atoms with van der Waals surface area (Å²) in [5, 5.41) is 13.6. The van der Waals surface area contributed by atoms with Crippen molar-refractivity contribution in [2.24, 2.45) is 4.99 Å². The molecule has 1 aliphatic heterocycles. The molecule has 0 aliphatic carbocycles. The summed E-state index contributed by atoms with van der Waals surface area (Å²) in [5.74, 6) is 0.0820. The summed E-state index contributed by atoms with van der Waals surface area (Å²) in [6.07, 6.45) is 14.1. The van der Waals surface area contributed by atoms with Gasteiger partial charge >= 0.3 is 0 Å². The minimum absolute atomic E-state index is 0.0393. The van der Waals surface area contributed by atoms with Gasteiger partial charge in [0.25, 0.3) is 5.91 Å². The molecule has 0 radical (unpaired) electrons. The van der Waals surface area contributed by atoms with Crippen LogP contribution in [0.4, 0.5) is 11.4 Å². The monoisotopic (exact) mass is 719 g/mol. The average Bonchev–Trinajstić information content (AvgIpc) is 3.62. The van der Waals surface area contributed by atoms with E-state index in [-0.39, 0.29) is 11.8 Å². The van der Waals surface area contributed by atoms with Gasteiger partial charge in [0.1, 0.15) is 5.52 Å². The maximum atomic E-state index is 13.9. The van der Waals surface area contributed by atoms with Crippen LogP contribution in [0, 0.1) is 0 Å². The number of nitrogens with zero attached hydrogens (tertiary/aromatic N) is 5. The molecule has 1 atom stereocenters. The standard InChI is InChI=1S/C36H43BrClN7O2/c1-2-3-4-5-6-7-8-9-10-11-15-21-32(46)39-27-22-23-29(38)30(24-27)40-35-34(45-31-20-16-19-28(37)33(31)41-43-45)36(47)44(42-35)25-26-17-13-12-14-18-26/h12-14,16-20,22-24,34H,2-11,15,21,25H2,1H3,(H,39,46)(H,40,42). The number of fused-ring (bicyclic) bond motifs is 1. The van der Waals surface area contributed by atoms with Gasteiger partial charge < -0.3 is 5.32 Å². The Morgan fingerprint density at radius 2 is 1.64 bits per heavy atom. The number of carbonyl (C=O) groups is 2. The smallest absolute Gasteiger partial charge is 0.274 e. The van der Waals surface area contributed by atoms with Crippen LogP contribution in [0.1, 0.15) is 95.6 Å². The minimum Gasteiger partial charge on any atom is -0.326 e. The lowest BCUT2D eigenvalue weighted by atomic mass is 10.1. The van der Waals surface area contributed by atoms with Crippen molar-refractivity contribution >= 4 is 67.6 Å². The molecule has 1 unspecified atom stereocenters. The van der Waals surface area contributed by atoms with Crippen LogP contribution in [0.5, 0.6) is 0 Å². The number of aromatic nitrogens is 3. The van der Waals surface area contributed by atoms with Gasteiger partial charge in [0.2, 0.25) is 5.91 Å². The van der Waals surface area contributed by atoms with Gasteiger partial charge in [-0.3, -0.25) is 15.0 Å². The third-order valence-corrected chi connectivity index (χ3v) is 9.33. The first-order valence-corrected chi connectivity index (χ1v) is 17.9. The zero-order valence-corrected chi connectivity index (χ0v) is 29.3. The number of carbonyl (C=O) groups excluding carboxylic acids is 2. The Morgan fingerprint density at radius 1 is 0.936 bits per heavy atom. The Kier molecular flexibility index (Phi) is 12.8. The maximum Gasteiger partial charge on any atom is 0.274 e. The van der Waals surface area contributed by atoms with Crippen molar-refractivity contribution in [3.63, 3.8) is 0 Å². The van der Waals surface area contributed by atoms with E-state index in [0.717, 1.165) is 29.3 Å². The van der Waals surface area contributed by atoms with Crippen LogP contribution >= 0.6 is 27.5 Å². The Balaban J connectivity index is 1.24. The highest BCUT2D eigenvalue weighted by Crippen LogP contribution is 2.32. The molecule has 11 heteroatoms. The number of rotatable bonds is 17. The van der Waals surface area contributed by atoms with Crippen molar-refractivity contribution < 1.29 is 9.59 Å². The lowest BCUT2D eigenvalue weighted by molar-refractivity contribution is -0.132. The van der Waals surface area contributed by atoms with E-state index < -0.39 is 6.04 Å². The van der Waals surface area contributed by atoms with E-state index >= 15 is 0 Å². The molecular formula is C36H43BrClN7O2. The molecule has 2 heterocycles. The van der Waals surface area contributed by atoms with E-state index in [2.05, 4.69) is 43.9 Å². The van der Waals surface area contributed by atoms with Gasteiger partial charge in [-0.25, -0.2) is 14.7 Å². The summed E-state index contributed by atoms with van der Waals surface area (Å²) in [4.78, 5) is 31.5. The topological polar surface area (TPSA) is 105 Å². The third-order valence-electron chi connectivity index (χ3n) is 8.37. The Labute approximate surface area is 290 Å². The number of anilines is 1. The molecule has 0 bridgehead atoms. The summed E-state index contributed by atoms with van der Waals surface area (Å²) in [6, 6.07) is 19.6. The normalized spacial score (nSPS) is 15.5. The molecule has 47 heavy (non-hydrogen) atoms. The van der Waals surface area contributed by atoms with Crippen LogP contribution in [-0.4, -0.2) is 37.7 Å². The van der Waals surface area contributed by atoms with Crippen molar-refractivity contribution in [1.82, 2.24) is 25.4 Å². The highest BCUT2D eigenvalue weighted by Gasteiger charge is 2.41. The number of unbranched alkanes of at least 4 members (excludes halogenated alkanes) is 10. The van der Waals surface area contributed by atoms with Gasteiger partial charge in [-0.2, -0.15) is 0 Å². The van der Waals surface area contributed by atoms with Crippen LogP contribution in [0.2, 0.25) is 5.02 Å². The molecule has 1 fully saturated rings. The fourth-order valence-corrected chi connectivity index (χ4v) is 6.40. The number of hydrogen-bond donors (Lipinski definition) is 2. The summed E-state index contributed by atoms with van der Waals surface area (Å²) < 4.78 is 2.35. The highest BCUT2D eigenvalue weighted by molar-refractivity contribution is 9.10. The molecule has 3 aromatic carbocycles. The van der Waals surface area contributed by atoms with Gasteiger partial charge in [0, 0.05) is 16.6 Å². The van der Waals surface area contributed by atoms with E-state index in [4.69, 9.17) is 16.6 Å². The van der Waals surface area contributed by atoms with Crippen molar-refractivity contribution in [1.29, 1.82) is 0 Å². The molecule has 248 valence electrons. The first-order valence-electron chi connectivity index (χ1n) is 16.7. The number of nitrogens with one attached hydrogen (secondary N) is 2. The Hall–Kier alpha value is -3.76. The number of aliphatic imine (C=N–C) groups is 1. The van der Waals surface area contributed by atoms with Crippen molar-refractivity contribution in [2.45, 2.75) is 96.6 Å². The Morgan fingerprint density at radius 3 is 2.36 bits per heavy atom. The van der Waals surface area contributed by atoms with E-state index in [0.29, 0.717) is 46.2 Å². The second-order valence-electron chi connectivity index (χ2n) is 12.1. The predicted octanol–water partition coefficient (Wildman–Crippen LogP) is 9.31. The first kappa shape index (κ1) is 34.6. The van der Waals surface area contributed by atoms with E-state index in [1.807, 2.05) is 48.5 Å². The molecule has 0 spiro atoms. The molecule has 1 aromatic heterocycles. The number of halogens is 2. The van der Waals surface area contributed by atoms with Crippen molar-refractivity contribution in [3.8, 4) is 0 Å². The van der Waals surface area contributed by atoms with Gasteiger partial charge in [-0.05, 0) is 58.2 Å². The second kappa shape index (κ2) is 17.4. The number of hydrogen-bond acceptors (Lipinski definition) is 5. The van der Waals surface area contributed by atoms with Gasteiger partial charge in [0.05, 0.1) is 22.8 Å². The van der Waals surface area contributed by atoms with Crippen molar-refractivity contribution in [3.05, 3.63) is 81.8 Å². The third kappa shape index (κ3) is 9.41. The van der Waals surface area contributed by atoms with Gasteiger partial charge in [0.15, 0.2) is 11.9 Å². The molecular weight excluding hydrogens is 678 g/mol. The number of amides is 2. The SMILES string of the molecule is CCCCCCCCCCCCCC(=O)Nc1ccc(Cl)c(N=C2NN(Cc3ccccc3)C(=O)C2n2nnc3c(Br)cccc32)c1. The van der Waals surface area contributed by atoms with E-state index in [1.165, 1.54) is 56.4 Å². The van der Waals surface area contributed by atoms with Gasteiger partial charge in [-0.1, -0.05) is 124 Å². The molecule has 5 rings (SSSR count). The second-order valence-corrected chi connectivity index (χ2v) is 13.3. The fraction of sp³-hybridized carbons (Fsp3) is 0.417. The predicted molar refractivity (Wildman–Crippen MR) is 193 cm³/mol. The van der Waals surface area contributed by atoms with Crippen LogP contribution < -0.4 is 10.7 Å². The maximum absolute atomic E-state index is 13.9. The lowest BCUT2D eigenvalue weighted by Crippen LogP contribution is -2.35. The van der Waals surface area contributed by atoms with Crippen LogP contribution in [0.15, 0.2) is 76.2 Å². The molecule has 1 aliphatic rings. The lowest BCUT2D eigenvalue weighted by Gasteiger charge is -2.15. The number of hydrazine groups is 1. The van der Waals surface area contributed by atoms with Gasteiger partial charge in [-0.15, -0.1) is 5.10 Å².